The van der Waals surface area contributed by atoms with E-state index in [9.17, 15) is 4.79 Å². The average molecular weight is 220 g/mol. The molecule has 0 unspecified atom stereocenters. The predicted molar refractivity (Wildman–Crippen MR) is 63.9 cm³/mol. The van der Waals surface area contributed by atoms with Gasteiger partial charge in [0.1, 0.15) is 11.4 Å². The molecular formula is C12H16N2O2. The van der Waals surface area contributed by atoms with Gasteiger partial charge in [0.05, 0.1) is 0 Å². The van der Waals surface area contributed by atoms with Crippen molar-refractivity contribution in [2.75, 3.05) is 11.9 Å². The molecule has 0 saturated carbocycles. The molecule has 0 bridgehead atoms. The maximum absolute atomic E-state index is 11.0. The van der Waals surface area contributed by atoms with Gasteiger partial charge in [0.25, 0.3) is 0 Å². The van der Waals surface area contributed by atoms with Crippen LogP contribution in [0.5, 0.6) is 0 Å². The van der Waals surface area contributed by atoms with Gasteiger partial charge in [-0.05, 0) is 31.9 Å². The third-order valence-corrected chi connectivity index (χ3v) is 2.21. The molecule has 1 aromatic rings. The number of carboxylic acids is 1. The first-order valence-corrected chi connectivity index (χ1v) is 5.20. The molecule has 1 rings (SSSR count). The number of aromatic carboxylic acids is 1. The summed E-state index contributed by atoms with van der Waals surface area (Å²) in [6, 6.07) is 1.70. The van der Waals surface area contributed by atoms with Crippen LogP contribution in [0.4, 0.5) is 5.82 Å². The summed E-state index contributed by atoms with van der Waals surface area (Å²) < 4.78 is 0. The number of aromatic nitrogens is 1. The fourth-order valence-corrected chi connectivity index (χ4v) is 1.40. The van der Waals surface area contributed by atoms with Crippen LogP contribution in [0.25, 0.3) is 0 Å². The molecule has 2 N–H and O–H groups in total. The zero-order chi connectivity index (χ0) is 12.0. The molecule has 4 nitrogen and oxygen atoms in total. The lowest BCUT2D eigenvalue weighted by Gasteiger charge is -2.09. The zero-order valence-corrected chi connectivity index (χ0v) is 9.53. The second kappa shape index (κ2) is 5.90. The number of rotatable bonds is 5. The smallest absolute Gasteiger partial charge is 0.339 e. The maximum Gasteiger partial charge on any atom is 0.339 e. The quantitative estimate of drug-likeness (QED) is 0.591. The highest BCUT2D eigenvalue weighted by Gasteiger charge is 2.13. The fraction of sp³-hybridized carbons (Fsp3) is 0.333. The minimum absolute atomic E-state index is 0.253. The van der Waals surface area contributed by atoms with Crippen molar-refractivity contribution in [1.82, 2.24) is 4.98 Å². The summed E-state index contributed by atoms with van der Waals surface area (Å²) in [4.78, 5) is 15.1. The van der Waals surface area contributed by atoms with Crippen LogP contribution in [0.1, 0.15) is 29.3 Å². The van der Waals surface area contributed by atoms with Crippen molar-refractivity contribution in [2.45, 2.75) is 20.3 Å². The van der Waals surface area contributed by atoms with E-state index in [0.29, 0.717) is 12.4 Å². The van der Waals surface area contributed by atoms with Gasteiger partial charge in [-0.1, -0.05) is 12.2 Å². The van der Waals surface area contributed by atoms with Crippen molar-refractivity contribution in [3.8, 4) is 0 Å². The summed E-state index contributed by atoms with van der Waals surface area (Å²) >= 11 is 0. The predicted octanol–water partition coefficient (Wildman–Crippen LogP) is 2.47. The van der Waals surface area contributed by atoms with Crippen LogP contribution in [0, 0.1) is 6.92 Å². The van der Waals surface area contributed by atoms with E-state index >= 15 is 0 Å². The fourth-order valence-electron chi connectivity index (χ4n) is 1.40. The molecule has 1 aromatic heterocycles. The van der Waals surface area contributed by atoms with E-state index in [0.717, 1.165) is 12.0 Å². The number of pyridine rings is 1. The average Bonchev–Trinajstić information content (AvgIpc) is 2.24. The number of aryl methyl sites for hydroxylation is 1. The highest BCUT2D eigenvalue weighted by atomic mass is 16.4. The molecule has 0 aliphatic carbocycles. The third-order valence-electron chi connectivity index (χ3n) is 2.21. The summed E-state index contributed by atoms with van der Waals surface area (Å²) in [5.74, 6) is -0.504. The van der Waals surface area contributed by atoms with Gasteiger partial charge in [0.2, 0.25) is 0 Å². The molecule has 0 fully saturated rings. The van der Waals surface area contributed by atoms with Gasteiger partial charge >= 0.3 is 5.97 Å². The Labute approximate surface area is 95.0 Å². The molecular weight excluding hydrogens is 204 g/mol. The van der Waals surface area contributed by atoms with Gasteiger partial charge in [-0.2, -0.15) is 0 Å². The van der Waals surface area contributed by atoms with Crippen LogP contribution < -0.4 is 5.32 Å². The van der Waals surface area contributed by atoms with Crippen LogP contribution >= 0.6 is 0 Å². The minimum Gasteiger partial charge on any atom is -0.478 e. The molecule has 86 valence electrons. The van der Waals surface area contributed by atoms with E-state index in [1.165, 1.54) is 0 Å². The van der Waals surface area contributed by atoms with E-state index in [2.05, 4.69) is 10.3 Å². The Morgan fingerprint density at radius 1 is 1.62 bits per heavy atom. The van der Waals surface area contributed by atoms with E-state index < -0.39 is 5.97 Å². The summed E-state index contributed by atoms with van der Waals surface area (Å²) in [5.41, 5.74) is 0.971. The lowest BCUT2D eigenvalue weighted by Crippen LogP contribution is -2.10. The van der Waals surface area contributed by atoms with Gasteiger partial charge in [-0.25, -0.2) is 9.78 Å². The number of hydrogen-bond acceptors (Lipinski definition) is 3. The second-order valence-corrected chi connectivity index (χ2v) is 3.44. The SMILES string of the molecule is C/C=C/CCNc1nccc(C)c1C(=O)O. The number of nitrogens with one attached hydrogen (secondary N) is 1. The Kier molecular flexibility index (Phi) is 4.51. The highest BCUT2D eigenvalue weighted by Crippen LogP contribution is 2.16. The van der Waals surface area contributed by atoms with Crippen LogP contribution in [-0.2, 0) is 0 Å². The van der Waals surface area contributed by atoms with Crippen molar-refractivity contribution < 1.29 is 9.90 Å². The molecule has 4 heteroatoms. The van der Waals surface area contributed by atoms with E-state index in [1.807, 2.05) is 19.1 Å². The number of carbonyl (C=O) groups is 1. The first kappa shape index (κ1) is 12.2. The van der Waals surface area contributed by atoms with Crippen LogP contribution in [0.2, 0.25) is 0 Å². The molecule has 0 spiro atoms. The van der Waals surface area contributed by atoms with E-state index in [4.69, 9.17) is 5.11 Å². The van der Waals surface area contributed by atoms with Crippen molar-refractivity contribution in [2.24, 2.45) is 0 Å². The molecule has 0 aliphatic rings. The number of nitrogens with zero attached hydrogens (tertiary/aromatic N) is 1. The Bertz CT molecular complexity index is 400. The summed E-state index contributed by atoms with van der Waals surface area (Å²) in [6.45, 7) is 4.40. The molecule has 0 amide bonds. The van der Waals surface area contributed by atoms with Gasteiger partial charge in [0, 0.05) is 12.7 Å². The number of hydrogen-bond donors (Lipinski definition) is 2. The van der Waals surface area contributed by atoms with Gasteiger partial charge in [-0.3, -0.25) is 0 Å². The Hall–Kier alpha value is -1.84. The minimum atomic E-state index is -0.945. The monoisotopic (exact) mass is 220 g/mol. The lowest BCUT2D eigenvalue weighted by molar-refractivity contribution is 0.0697. The van der Waals surface area contributed by atoms with Crippen LogP contribution in [0.15, 0.2) is 24.4 Å². The zero-order valence-electron chi connectivity index (χ0n) is 9.53. The van der Waals surface area contributed by atoms with Crippen molar-refractivity contribution in [1.29, 1.82) is 0 Å². The molecule has 0 radical (unpaired) electrons. The number of carboxylic acid groups (broad SMARTS) is 1. The van der Waals surface area contributed by atoms with Crippen LogP contribution in [0.3, 0.4) is 0 Å². The van der Waals surface area contributed by atoms with E-state index in [1.54, 1.807) is 19.2 Å². The molecule has 0 aromatic carbocycles. The lowest BCUT2D eigenvalue weighted by atomic mass is 10.1. The largest absolute Gasteiger partial charge is 0.478 e. The van der Waals surface area contributed by atoms with Gasteiger partial charge in [0.15, 0.2) is 0 Å². The topological polar surface area (TPSA) is 62.2 Å². The summed E-state index contributed by atoms with van der Waals surface area (Å²) in [7, 11) is 0. The molecule has 1 heterocycles. The first-order valence-electron chi connectivity index (χ1n) is 5.20. The van der Waals surface area contributed by atoms with Gasteiger partial charge in [-0.15, -0.1) is 0 Å². The number of anilines is 1. The van der Waals surface area contributed by atoms with Crippen LogP contribution in [-0.4, -0.2) is 22.6 Å². The number of allylic oxidation sites excluding steroid dienone is 1. The Balaban J connectivity index is 2.79. The third kappa shape index (κ3) is 3.08. The first-order chi connectivity index (χ1) is 7.66. The van der Waals surface area contributed by atoms with Gasteiger partial charge < -0.3 is 10.4 Å². The summed E-state index contributed by atoms with van der Waals surface area (Å²) in [5, 5.41) is 12.1. The van der Waals surface area contributed by atoms with Crippen molar-refractivity contribution >= 4 is 11.8 Å². The Morgan fingerprint density at radius 2 is 2.38 bits per heavy atom. The second-order valence-electron chi connectivity index (χ2n) is 3.44. The van der Waals surface area contributed by atoms with Crippen molar-refractivity contribution in [3.05, 3.63) is 35.5 Å². The Morgan fingerprint density at radius 3 is 3.00 bits per heavy atom. The standard InChI is InChI=1S/C12H16N2O2/c1-3-4-5-7-13-11-10(12(15)16)9(2)6-8-14-11/h3-4,6,8H,5,7H2,1-2H3,(H,13,14)(H,15,16)/b4-3+. The summed E-state index contributed by atoms with van der Waals surface area (Å²) in [6.07, 6.45) is 6.44. The highest BCUT2D eigenvalue weighted by molar-refractivity contribution is 5.94. The molecule has 0 saturated heterocycles. The molecule has 0 atom stereocenters. The maximum atomic E-state index is 11.0. The normalized spacial score (nSPS) is 10.6. The van der Waals surface area contributed by atoms with Crippen molar-refractivity contribution in [3.63, 3.8) is 0 Å². The molecule has 0 aliphatic heterocycles. The molecule has 16 heavy (non-hydrogen) atoms. The van der Waals surface area contributed by atoms with E-state index in [-0.39, 0.29) is 5.56 Å².